The number of aryl methyl sites for hydroxylation is 1. The van der Waals surface area contributed by atoms with Crippen LogP contribution in [0.25, 0.3) is 0 Å². The highest BCUT2D eigenvalue weighted by Crippen LogP contribution is 2.22. The number of nitro groups is 1. The zero-order chi connectivity index (χ0) is 13.0. The minimum Gasteiger partial charge on any atom is -0.378 e. The standard InChI is InChI=1S/C12H14N4O2/c1-10-13-6-8-15(10)9-7-14-11-4-2-3-5-12(11)16(17)18/h2-6,8,14H,7,9H2,1H3. The molecule has 0 aliphatic heterocycles. The number of nitro benzene ring substituents is 1. The number of hydrogen-bond donors (Lipinski definition) is 1. The fourth-order valence-electron chi connectivity index (χ4n) is 1.73. The minimum atomic E-state index is -0.384. The smallest absolute Gasteiger partial charge is 0.292 e. The average molecular weight is 246 g/mol. The van der Waals surface area contributed by atoms with Crippen molar-refractivity contribution in [1.29, 1.82) is 0 Å². The van der Waals surface area contributed by atoms with Crippen LogP contribution in [0.1, 0.15) is 5.82 Å². The summed E-state index contributed by atoms with van der Waals surface area (Å²) in [4.78, 5) is 14.5. The number of anilines is 1. The summed E-state index contributed by atoms with van der Waals surface area (Å²) in [5.74, 6) is 0.930. The van der Waals surface area contributed by atoms with Gasteiger partial charge in [-0.2, -0.15) is 0 Å². The van der Waals surface area contributed by atoms with Gasteiger partial charge in [0, 0.05) is 31.5 Å². The van der Waals surface area contributed by atoms with Crippen LogP contribution >= 0.6 is 0 Å². The number of aromatic nitrogens is 2. The summed E-state index contributed by atoms with van der Waals surface area (Å²) in [6.45, 7) is 3.25. The second-order valence-electron chi connectivity index (χ2n) is 3.87. The molecule has 1 aromatic carbocycles. The molecule has 0 atom stereocenters. The van der Waals surface area contributed by atoms with Gasteiger partial charge in [-0.05, 0) is 13.0 Å². The van der Waals surface area contributed by atoms with Crippen molar-refractivity contribution in [3.8, 4) is 0 Å². The zero-order valence-electron chi connectivity index (χ0n) is 10.0. The van der Waals surface area contributed by atoms with Crippen molar-refractivity contribution in [3.05, 3.63) is 52.6 Å². The van der Waals surface area contributed by atoms with Gasteiger partial charge < -0.3 is 9.88 Å². The molecule has 2 aromatic rings. The lowest BCUT2D eigenvalue weighted by molar-refractivity contribution is -0.384. The van der Waals surface area contributed by atoms with Gasteiger partial charge in [-0.15, -0.1) is 0 Å². The van der Waals surface area contributed by atoms with E-state index in [0.29, 0.717) is 12.2 Å². The van der Waals surface area contributed by atoms with E-state index in [2.05, 4.69) is 10.3 Å². The van der Waals surface area contributed by atoms with Crippen LogP contribution in [0.5, 0.6) is 0 Å². The number of imidazole rings is 1. The summed E-state index contributed by atoms with van der Waals surface area (Å²) in [7, 11) is 0. The van der Waals surface area contributed by atoms with Gasteiger partial charge in [-0.25, -0.2) is 4.98 Å². The van der Waals surface area contributed by atoms with Gasteiger partial charge in [0.05, 0.1) is 4.92 Å². The summed E-state index contributed by atoms with van der Waals surface area (Å²) in [5.41, 5.74) is 0.639. The first-order valence-electron chi connectivity index (χ1n) is 5.63. The van der Waals surface area contributed by atoms with E-state index >= 15 is 0 Å². The number of nitrogens with zero attached hydrogens (tertiary/aromatic N) is 3. The molecule has 0 spiro atoms. The Morgan fingerprint density at radius 2 is 2.22 bits per heavy atom. The zero-order valence-corrected chi connectivity index (χ0v) is 10.0. The van der Waals surface area contributed by atoms with E-state index in [4.69, 9.17) is 0 Å². The Bertz CT molecular complexity index is 551. The van der Waals surface area contributed by atoms with Crippen LogP contribution in [-0.2, 0) is 6.54 Å². The fourth-order valence-corrected chi connectivity index (χ4v) is 1.73. The molecule has 1 heterocycles. The topological polar surface area (TPSA) is 73.0 Å². The van der Waals surface area contributed by atoms with Crippen molar-refractivity contribution >= 4 is 11.4 Å². The highest BCUT2D eigenvalue weighted by molar-refractivity contribution is 5.60. The van der Waals surface area contributed by atoms with Crippen LogP contribution in [0.15, 0.2) is 36.7 Å². The number of nitrogens with one attached hydrogen (secondary N) is 1. The maximum absolute atomic E-state index is 10.8. The number of rotatable bonds is 5. The molecule has 18 heavy (non-hydrogen) atoms. The van der Waals surface area contributed by atoms with Crippen molar-refractivity contribution < 1.29 is 4.92 Å². The Labute approximate surface area is 104 Å². The quantitative estimate of drug-likeness (QED) is 0.648. The molecular weight excluding hydrogens is 232 g/mol. The molecule has 2 rings (SSSR count). The fraction of sp³-hybridized carbons (Fsp3) is 0.250. The molecule has 1 aromatic heterocycles. The molecule has 0 aliphatic rings. The van der Waals surface area contributed by atoms with E-state index in [-0.39, 0.29) is 10.6 Å². The second-order valence-corrected chi connectivity index (χ2v) is 3.87. The van der Waals surface area contributed by atoms with Crippen LogP contribution in [0, 0.1) is 17.0 Å². The van der Waals surface area contributed by atoms with E-state index in [1.807, 2.05) is 17.7 Å². The van der Waals surface area contributed by atoms with Crippen LogP contribution in [-0.4, -0.2) is 21.0 Å². The van der Waals surface area contributed by atoms with Gasteiger partial charge >= 0.3 is 0 Å². The molecule has 0 aliphatic carbocycles. The van der Waals surface area contributed by atoms with Crippen molar-refractivity contribution in [3.63, 3.8) is 0 Å². The monoisotopic (exact) mass is 246 g/mol. The van der Waals surface area contributed by atoms with Crippen molar-refractivity contribution in [2.24, 2.45) is 0 Å². The van der Waals surface area contributed by atoms with E-state index in [1.54, 1.807) is 24.4 Å². The van der Waals surface area contributed by atoms with Gasteiger partial charge in [-0.3, -0.25) is 10.1 Å². The van der Waals surface area contributed by atoms with E-state index in [1.165, 1.54) is 6.07 Å². The molecule has 0 fully saturated rings. The number of benzene rings is 1. The highest BCUT2D eigenvalue weighted by Gasteiger charge is 2.11. The summed E-state index contributed by atoms with van der Waals surface area (Å²) in [5, 5.41) is 13.9. The van der Waals surface area contributed by atoms with Crippen molar-refractivity contribution in [2.75, 3.05) is 11.9 Å². The van der Waals surface area contributed by atoms with Crippen molar-refractivity contribution in [1.82, 2.24) is 9.55 Å². The third-order valence-corrected chi connectivity index (χ3v) is 2.69. The molecule has 0 saturated carbocycles. The molecule has 6 nitrogen and oxygen atoms in total. The lowest BCUT2D eigenvalue weighted by Crippen LogP contribution is -2.11. The average Bonchev–Trinajstić information content (AvgIpc) is 2.76. The van der Waals surface area contributed by atoms with E-state index in [0.717, 1.165) is 12.4 Å². The third kappa shape index (κ3) is 2.65. The molecule has 0 unspecified atom stereocenters. The number of hydrogen-bond acceptors (Lipinski definition) is 4. The molecular formula is C12H14N4O2. The van der Waals surface area contributed by atoms with Gasteiger partial charge in [0.1, 0.15) is 11.5 Å². The molecule has 0 radical (unpaired) electrons. The Kier molecular flexibility index (Phi) is 3.57. The van der Waals surface area contributed by atoms with Gasteiger partial charge in [0.2, 0.25) is 0 Å². The number of para-hydroxylation sites is 2. The maximum Gasteiger partial charge on any atom is 0.292 e. The Morgan fingerprint density at radius 1 is 1.44 bits per heavy atom. The predicted octanol–water partition coefficient (Wildman–Crippen LogP) is 2.21. The first kappa shape index (κ1) is 12.1. The first-order valence-corrected chi connectivity index (χ1v) is 5.63. The van der Waals surface area contributed by atoms with E-state index in [9.17, 15) is 10.1 Å². The van der Waals surface area contributed by atoms with Crippen LogP contribution in [0.3, 0.4) is 0 Å². The predicted molar refractivity (Wildman–Crippen MR) is 68.6 cm³/mol. The summed E-state index contributed by atoms with van der Waals surface area (Å²) < 4.78 is 1.99. The van der Waals surface area contributed by atoms with Crippen LogP contribution in [0.2, 0.25) is 0 Å². The Hall–Kier alpha value is -2.37. The molecule has 0 amide bonds. The molecule has 1 N–H and O–H groups in total. The normalized spacial score (nSPS) is 10.3. The lowest BCUT2D eigenvalue weighted by atomic mass is 10.2. The Balaban J connectivity index is 1.99. The lowest BCUT2D eigenvalue weighted by Gasteiger charge is -2.08. The first-order chi connectivity index (χ1) is 8.68. The Morgan fingerprint density at radius 3 is 2.89 bits per heavy atom. The van der Waals surface area contributed by atoms with E-state index < -0.39 is 0 Å². The summed E-state index contributed by atoms with van der Waals surface area (Å²) >= 11 is 0. The highest BCUT2D eigenvalue weighted by atomic mass is 16.6. The van der Waals surface area contributed by atoms with Gasteiger partial charge in [-0.1, -0.05) is 12.1 Å². The largest absolute Gasteiger partial charge is 0.378 e. The third-order valence-electron chi connectivity index (χ3n) is 2.69. The van der Waals surface area contributed by atoms with Crippen molar-refractivity contribution in [2.45, 2.75) is 13.5 Å². The summed E-state index contributed by atoms with van der Waals surface area (Å²) in [6.07, 6.45) is 3.62. The minimum absolute atomic E-state index is 0.0971. The van der Waals surface area contributed by atoms with Gasteiger partial charge in [0.25, 0.3) is 5.69 Å². The molecule has 6 heteroatoms. The maximum atomic E-state index is 10.8. The molecule has 94 valence electrons. The van der Waals surface area contributed by atoms with Crippen LogP contribution in [0.4, 0.5) is 11.4 Å². The van der Waals surface area contributed by atoms with Gasteiger partial charge in [0.15, 0.2) is 0 Å². The summed E-state index contributed by atoms with van der Waals surface area (Å²) in [6, 6.07) is 6.63. The molecule has 0 bridgehead atoms. The molecule has 0 saturated heterocycles. The van der Waals surface area contributed by atoms with Crippen LogP contribution < -0.4 is 5.32 Å². The SMILES string of the molecule is Cc1nccn1CCNc1ccccc1[N+](=O)[O-]. The second kappa shape index (κ2) is 5.31.